The molecular weight excluding hydrogens is 248 g/mol. The number of nitrogens with one attached hydrogen (secondary N) is 2. The first kappa shape index (κ1) is 12.7. The standard InChI is InChI=1S/C16H18N4/c1-10-9-14-15(17-10)19-12(3)20-16(14)18-11(2)13-7-5-4-6-8-13/h4-9,11H,1-3H3,(H2,17,18,19,20). The van der Waals surface area contributed by atoms with E-state index in [2.05, 4.69) is 57.5 Å². The van der Waals surface area contributed by atoms with Crippen molar-refractivity contribution in [1.82, 2.24) is 15.0 Å². The van der Waals surface area contributed by atoms with Gasteiger partial charge in [-0.25, -0.2) is 9.97 Å². The van der Waals surface area contributed by atoms with Crippen LogP contribution in [-0.2, 0) is 0 Å². The minimum Gasteiger partial charge on any atom is -0.363 e. The molecule has 1 unspecified atom stereocenters. The number of H-pyrrole nitrogens is 1. The largest absolute Gasteiger partial charge is 0.363 e. The lowest BCUT2D eigenvalue weighted by atomic mass is 10.1. The highest BCUT2D eigenvalue weighted by Gasteiger charge is 2.11. The summed E-state index contributed by atoms with van der Waals surface area (Å²) in [6.07, 6.45) is 0. The smallest absolute Gasteiger partial charge is 0.143 e. The van der Waals surface area contributed by atoms with Gasteiger partial charge in [-0.05, 0) is 32.4 Å². The molecule has 0 saturated heterocycles. The molecule has 0 saturated carbocycles. The van der Waals surface area contributed by atoms with Gasteiger partial charge in [-0.2, -0.15) is 0 Å². The first-order chi connectivity index (χ1) is 9.63. The third-order valence-electron chi connectivity index (χ3n) is 3.39. The van der Waals surface area contributed by atoms with Crippen LogP contribution in [0.25, 0.3) is 11.0 Å². The number of benzene rings is 1. The Kier molecular flexibility index (Phi) is 3.14. The summed E-state index contributed by atoms with van der Waals surface area (Å²) in [6, 6.07) is 12.6. The van der Waals surface area contributed by atoms with Gasteiger partial charge in [0.15, 0.2) is 0 Å². The van der Waals surface area contributed by atoms with Crippen LogP contribution < -0.4 is 5.32 Å². The number of hydrogen-bond acceptors (Lipinski definition) is 3. The average Bonchev–Trinajstić information content (AvgIpc) is 2.80. The molecule has 0 aliphatic carbocycles. The van der Waals surface area contributed by atoms with E-state index in [1.54, 1.807) is 0 Å². The number of fused-ring (bicyclic) bond motifs is 1. The molecule has 0 aliphatic heterocycles. The van der Waals surface area contributed by atoms with Gasteiger partial charge in [0.05, 0.1) is 5.39 Å². The van der Waals surface area contributed by atoms with E-state index in [1.165, 1.54) is 5.56 Å². The Morgan fingerprint density at radius 2 is 1.85 bits per heavy atom. The molecule has 0 spiro atoms. The molecule has 0 aliphatic rings. The number of aromatic amines is 1. The molecule has 2 N–H and O–H groups in total. The van der Waals surface area contributed by atoms with Gasteiger partial charge < -0.3 is 10.3 Å². The highest BCUT2D eigenvalue weighted by atomic mass is 15.1. The highest BCUT2D eigenvalue weighted by Crippen LogP contribution is 2.25. The third-order valence-corrected chi connectivity index (χ3v) is 3.39. The summed E-state index contributed by atoms with van der Waals surface area (Å²) in [5, 5.41) is 4.52. The van der Waals surface area contributed by atoms with Crippen molar-refractivity contribution in [3.8, 4) is 0 Å². The van der Waals surface area contributed by atoms with Gasteiger partial charge >= 0.3 is 0 Å². The minimum absolute atomic E-state index is 0.198. The quantitative estimate of drug-likeness (QED) is 0.759. The molecule has 3 aromatic rings. The molecule has 0 amide bonds. The fourth-order valence-corrected chi connectivity index (χ4v) is 2.39. The lowest BCUT2D eigenvalue weighted by Gasteiger charge is -2.15. The van der Waals surface area contributed by atoms with E-state index < -0.39 is 0 Å². The fraction of sp³-hybridized carbons (Fsp3) is 0.250. The molecule has 0 fully saturated rings. The zero-order valence-corrected chi connectivity index (χ0v) is 11.9. The van der Waals surface area contributed by atoms with Crippen LogP contribution in [0.5, 0.6) is 0 Å². The highest BCUT2D eigenvalue weighted by molar-refractivity contribution is 5.88. The second-order valence-electron chi connectivity index (χ2n) is 5.11. The number of anilines is 1. The summed E-state index contributed by atoms with van der Waals surface area (Å²) in [6.45, 7) is 6.08. The predicted octanol–water partition coefficient (Wildman–Crippen LogP) is 3.75. The van der Waals surface area contributed by atoms with Crippen LogP contribution >= 0.6 is 0 Å². The molecule has 20 heavy (non-hydrogen) atoms. The number of aryl methyl sites for hydroxylation is 2. The summed E-state index contributed by atoms with van der Waals surface area (Å²) in [4.78, 5) is 12.2. The topological polar surface area (TPSA) is 53.6 Å². The lowest BCUT2D eigenvalue weighted by molar-refractivity contribution is 0.872. The van der Waals surface area contributed by atoms with E-state index in [0.717, 1.165) is 28.4 Å². The Hall–Kier alpha value is -2.36. The molecule has 1 atom stereocenters. The van der Waals surface area contributed by atoms with Gasteiger partial charge in [0.2, 0.25) is 0 Å². The van der Waals surface area contributed by atoms with Crippen molar-refractivity contribution < 1.29 is 0 Å². The van der Waals surface area contributed by atoms with E-state index in [4.69, 9.17) is 0 Å². The minimum atomic E-state index is 0.198. The van der Waals surface area contributed by atoms with Crippen molar-refractivity contribution in [1.29, 1.82) is 0 Å². The molecule has 2 aromatic heterocycles. The van der Waals surface area contributed by atoms with Crippen molar-refractivity contribution >= 4 is 16.9 Å². The number of aromatic nitrogens is 3. The predicted molar refractivity (Wildman–Crippen MR) is 81.8 cm³/mol. The van der Waals surface area contributed by atoms with E-state index in [9.17, 15) is 0 Å². The SMILES string of the molecule is Cc1nc(NC(C)c2ccccc2)c2cc(C)[nH]c2n1. The van der Waals surface area contributed by atoms with E-state index in [0.29, 0.717) is 0 Å². The number of hydrogen-bond donors (Lipinski definition) is 2. The second kappa shape index (κ2) is 4.96. The van der Waals surface area contributed by atoms with Crippen molar-refractivity contribution in [2.75, 3.05) is 5.32 Å². The maximum Gasteiger partial charge on any atom is 0.143 e. The summed E-state index contributed by atoms with van der Waals surface area (Å²) in [5.74, 6) is 1.65. The van der Waals surface area contributed by atoms with Crippen LogP contribution in [0, 0.1) is 13.8 Å². The van der Waals surface area contributed by atoms with Gasteiger partial charge in [0, 0.05) is 11.7 Å². The Morgan fingerprint density at radius 1 is 1.10 bits per heavy atom. The summed E-state index contributed by atoms with van der Waals surface area (Å²) < 4.78 is 0. The molecule has 3 rings (SSSR count). The van der Waals surface area contributed by atoms with Crippen LogP contribution in [0.1, 0.15) is 30.0 Å². The van der Waals surface area contributed by atoms with Crippen LogP contribution in [0.2, 0.25) is 0 Å². The van der Waals surface area contributed by atoms with Crippen LogP contribution in [0.15, 0.2) is 36.4 Å². The Labute approximate surface area is 118 Å². The first-order valence-corrected chi connectivity index (χ1v) is 6.79. The lowest BCUT2D eigenvalue weighted by Crippen LogP contribution is -2.09. The average molecular weight is 266 g/mol. The molecule has 1 aromatic carbocycles. The first-order valence-electron chi connectivity index (χ1n) is 6.79. The van der Waals surface area contributed by atoms with Gasteiger partial charge in [-0.3, -0.25) is 0 Å². The zero-order chi connectivity index (χ0) is 14.1. The van der Waals surface area contributed by atoms with Crippen LogP contribution in [0.3, 0.4) is 0 Å². The van der Waals surface area contributed by atoms with Crippen molar-refractivity contribution in [2.45, 2.75) is 26.8 Å². The molecule has 2 heterocycles. The monoisotopic (exact) mass is 266 g/mol. The fourth-order valence-electron chi connectivity index (χ4n) is 2.39. The molecular formula is C16H18N4. The van der Waals surface area contributed by atoms with Gasteiger partial charge in [-0.15, -0.1) is 0 Å². The van der Waals surface area contributed by atoms with E-state index in [-0.39, 0.29) is 6.04 Å². The van der Waals surface area contributed by atoms with Gasteiger partial charge in [-0.1, -0.05) is 30.3 Å². The number of nitrogens with zero attached hydrogens (tertiary/aromatic N) is 2. The van der Waals surface area contributed by atoms with Crippen molar-refractivity contribution in [2.24, 2.45) is 0 Å². The van der Waals surface area contributed by atoms with E-state index >= 15 is 0 Å². The Balaban J connectivity index is 1.98. The van der Waals surface area contributed by atoms with Crippen molar-refractivity contribution in [3.05, 3.63) is 53.5 Å². The second-order valence-corrected chi connectivity index (χ2v) is 5.11. The molecule has 0 bridgehead atoms. The Bertz CT molecular complexity index is 731. The molecule has 4 nitrogen and oxygen atoms in total. The maximum absolute atomic E-state index is 4.54. The van der Waals surface area contributed by atoms with Crippen LogP contribution in [-0.4, -0.2) is 15.0 Å². The number of rotatable bonds is 3. The molecule has 0 radical (unpaired) electrons. The summed E-state index contributed by atoms with van der Waals surface area (Å²) in [5.41, 5.74) is 3.22. The summed E-state index contributed by atoms with van der Waals surface area (Å²) in [7, 11) is 0. The normalized spacial score (nSPS) is 12.6. The Morgan fingerprint density at radius 3 is 2.60 bits per heavy atom. The zero-order valence-electron chi connectivity index (χ0n) is 11.9. The summed E-state index contributed by atoms with van der Waals surface area (Å²) >= 11 is 0. The van der Waals surface area contributed by atoms with Crippen molar-refractivity contribution in [3.63, 3.8) is 0 Å². The maximum atomic E-state index is 4.54. The van der Waals surface area contributed by atoms with E-state index in [1.807, 2.05) is 19.9 Å². The third kappa shape index (κ3) is 2.37. The molecule has 102 valence electrons. The molecule has 4 heteroatoms. The van der Waals surface area contributed by atoms with Gasteiger partial charge in [0.1, 0.15) is 17.3 Å². The van der Waals surface area contributed by atoms with Crippen LogP contribution in [0.4, 0.5) is 5.82 Å². The van der Waals surface area contributed by atoms with Gasteiger partial charge in [0.25, 0.3) is 0 Å².